The molecular weight excluding hydrogens is 277 g/mol. The molecule has 21 heavy (non-hydrogen) atoms. The Kier molecular flexibility index (Phi) is 4.39. The molecule has 1 aromatic carbocycles. The van der Waals surface area contributed by atoms with Crippen molar-refractivity contribution in [2.45, 2.75) is 52.3 Å². The fourth-order valence-corrected chi connectivity index (χ4v) is 3.81. The topological polar surface area (TPSA) is 20.2 Å². The Morgan fingerprint density at radius 3 is 2.24 bits per heavy atom. The van der Waals surface area contributed by atoms with Gasteiger partial charge in [0.05, 0.1) is 11.7 Å². The summed E-state index contributed by atoms with van der Waals surface area (Å²) in [5, 5.41) is 10.7. The molecule has 118 valence electrons. The summed E-state index contributed by atoms with van der Waals surface area (Å²) < 4.78 is 37.8. The van der Waals surface area contributed by atoms with Crippen LogP contribution in [0, 0.1) is 17.3 Å². The molecule has 0 amide bonds. The molecule has 1 aliphatic carbocycles. The zero-order valence-corrected chi connectivity index (χ0v) is 12.7. The van der Waals surface area contributed by atoms with Crippen molar-refractivity contribution in [2.75, 3.05) is 0 Å². The highest BCUT2D eigenvalue weighted by Crippen LogP contribution is 2.49. The number of benzene rings is 1. The summed E-state index contributed by atoms with van der Waals surface area (Å²) in [5.41, 5.74) is -0.0935. The molecule has 0 spiro atoms. The number of halogens is 3. The first-order chi connectivity index (χ1) is 9.63. The molecular formula is C17H23F3O. The van der Waals surface area contributed by atoms with Crippen molar-refractivity contribution in [1.82, 2.24) is 0 Å². The van der Waals surface area contributed by atoms with Crippen molar-refractivity contribution in [3.63, 3.8) is 0 Å². The van der Waals surface area contributed by atoms with E-state index in [0.29, 0.717) is 11.5 Å². The third kappa shape index (κ3) is 3.42. The van der Waals surface area contributed by atoms with Gasteiger partial charge in [0.25, 0.3) is 0 Å². The molecule has 1 aliphatic rings. The maximum atomic E-state index is 12.6. The van der Waals surface area contributed by atoms with Gasteiger partial charge in [-0.1, -0.05) is 45.7 Å². The Hall–Kier alpha value is -1.03. The van der Waals surface area contributed by atoms with E-state index in [4.69, 9.17) is 0 Å². The first-order valence-corrected chi connectivity index (χ1v) is 7.48. The van der Waals surface area contributed by atoms with Crippen LogP contribution in [-0.2, 0) is 6.18 Å². The fraction of sp³-hybridized carbons (Fsp3) is 0.647. The average molecular weight is 300 g/mol. The van der Waals surface area contributed by atoms with E-state index in [-0.39, 0.29) is 11.3 Å². The maximum absolute atomic E-state index is 12.6. The van der Waals surface area contributed by atoms with Gasteiger partial charge in [-0.25, -0.2) is 0 Å². The molecule has 0 aliphatic heterocycles. The van der Waals surface area contributed by atoms with E-state index in [2.05, 4.69) is 20.8 Å². The minimum Gasteiger partial charge on any atom is -0.388 e. The molecule has 0 bridgehead atoms. The van der Waals surface area contributed by atoms with Gasteiger partial charge in [0, 0.05) is 0 Å². The highest BCUT2D eigenvalue weighted by molar-refractivity contribution is 5.27. The molecule has 3 atom stereocenters. The van der Waals surface area contributed by atoms with Crippen LogP contribution in [0.25, 0.3) is 0 Å². The number of hydrogen-bond donors (Lipinski definition) is 1. The van der Waals surface area contributed by atoms with Crippen molar-refractivity contribution in [3.05, 3.63) is 35.4 Å². The second-order valence-electron chi connectivity index (χ2n) is 6.95. The van der Waals surface area contributed by atoms with Crippen LogP contribution in [0.5, 0.6) is 0 Å². The van der Waals surface area contributed by atoms with E-state index in [1.54, 1.807) is 0 Å². The van der Waals surface area contributed by atoms with Gasteiger partial charge in [0.2, 0.25) is 0 Å². The Morgan fingerprint density at radius 2 is 1.76 bits per heavy atom. The van der Waals surface area contributed by atoms with Crippen LogP contribution < -0.4 is 0 Å². The summed E-state index contributed by atoms with van der Waals surface area (Å²) in [6.45, 7) is 6.40. The van der Waals surface area contributed by atoms with Crippen LogP contribution in [0.3, 0.4) is 0 Å². The van der Waals surface area contributed by atoms with Crippen LogP contribution in [0.4, 0.5) is 13.2 Å². The van der Waals surface area contributed by atoms with E-state index in [1.807, 2.05) is 0 Å². The summed E-state index contributed by atoms with van der Waals surface area (Å²) in [5.74, 6) is 0.439. The second-order valence-corrected chi connectivity index (χ2v) is 6.95. The number of aliphatic hydroxyl groups is 1. The van der Waals surface area contributed by atoms with Gasteiger partial charge in [0.1, 0.15) is 0 Å². The molecule has 0 saturated heterocycles. The largest absolute Gasteiger partial charge is 0.416 e. The van der Waals surface area contributed by atoms with E-state index in [0.717, 1.165) is 31.4 Å². The average Bonchev–Trinajstić information content (AvgIpc) is 2.36. The lowest BCUT2D eigenvalue weighted by molar-refractivity contribution is -0.137. The highest BCUT2D eigenvalue weighted by atomic mass is 19.4. The SMILES string of the molecule is C[C@H]1CCCC(C)(C)[C@@H]1[C@@H](O)c1ccc(C(F)(F)F)cc1. The van der Waals surface area contributed by atoms with Crippen molar-refractivity contribution in [2.24, 2.45) is 17.3 Å². The van der Waals surface area contributed by atoms with Crippen molar-refractivity contribution < 1.29 is 18.3 Å². The molecule has 0 heterocycles. The predicted molar refractivity (Wildman–Crippen MR) is 76.7 cm³/mol. The monoisotopic (exact) mass is 300 g/mol. The maximum Gasteiger partial charge on any atom is 0.416 e. The quantitative estimate of drug-likeness (QED) is 0.795. The van der Waals surface area contributed by atoms with Crippen LogP contribution in [0.2, 0.25) is 0 Å². The van der Waals surface area contributed by atoms with E-state index in [9.17, 15) is 18.3 Å². The lowest BCUT2D eigenvalue weighted by Gasteiger charge is -2.45. The summed E-state index contributed by atoms with van der Waals surface area (Å²) in [6.07, 6.45) is -1.80. The van der Waals surface area contributed by atoms with Crippen molar-refractivity contribution in [3.8, 4) is 0 Å². The normalized spacial score (nSPS) is 27.4. The van der Waals surface area contributed by atoms with Gasteiger partial charge in [-0.3, -0.25) is 0 Å². The van der Waals surface area contributed by atoms with Gasteiger partial charge in [-0.15, -0.1) is 0 Å². The third-order valence-corrected chi connectivity index (χ3v) is 4.92. The number of aliphatic hydroxyl groups excluding tert-OH is 1. The first kappa shape index (κ1) is 16.3. The van der Waals surface area contributed by atoms with E-state index in [1.165, 1.54) is 12.1 Å². The first-order valence-electron chi connectivity index (χ1n) is 7.48. The summed E-state index contributed by atoms with van der Waals surface area (Å²) in [7, 11) is 0. The molecule has 0 unspecified atom stereocenters. The van der Waals surface area contributed by atoms with Crippen LogP contribution in [0.1, 0.15) is 57.3 Å². The zero-order chi connectivity index (χ0) is 15.8. The Labute approximate surface area is 124 Å². The Balaban J connectivity index is 2.24. The molecule has 2 rings (SSSR count). The fourth-order valence-electron chi connectivity index (χ4n) is 3.81. The predicted octanol–water partition coefficient (Wildman–Crippen LogP) is 5.20. The molecule has 1 nitrogen and oxygen atoms in total. The van der Waals surface area contributed by atoms with Crippen LogP contribution in [0.15, 0.2) is 24.3 Å². The molecule has 1 fully saturated rings. The molecule has 1 N–H and O–H groups in total. The van der Waals surface area contributed by atoms with Gasteiger partial charge < -0.3 is 5.11 Å². The number of alkyl halides is 3. The Bertz CT molecular complexity index is 476. The van der Waals surface area contributed by atoms with Crippen molar-refractivity contribution >= 4 is 0 Å². The van der Waals surface area contributed by atoms with Gasteiger partial charge in [-0.05, 0) is 41.4 Å². The van der Waals surface area contributed by atoms with Crippen LogP contribution >= 0.6 is 0 Å². The number of rotatable bonds is 2. The van der Waals surface area contributed by atoms with E-state index >= 15 is 0 Å². The molecule has 1 saturated carbocycles. The van der Waals surface area contributed by atoms with E-state index < -0.39 is 17.8 Å². The van der Waals surface area contributed by atoms with Crippen LogP contribution in [-0.4, -0.2) is 5.11 Å². The molecule has 1 aromatic rings. The number of hydrogen-bond acceptors (Lipinski definition) is 1. The van der Waals surface area contributed by atoms with Crippen molar-refractivity contribution in [1.29, 1.82) is 0 Å². The minimum absolute atomic E-state index is 0.000216. The molecule has 0 radical (unpaired) electrons. The summed E-state index contributed by atoms with van der Waals surface area (Å²) in [6, 6.07) is 4.92. The highest BCUT2D eigenvalue weighted by Gasteiger charge is 2.41. The molecule has 4 heteroatoms. The standard InChI is InChI=1S/C17H23F3O/c1-11-5-4-10-16(2,3)14(11)15(21)12-6-8-13(9-7-12)17(18,19)20/h6-9,11,14-15,21H,4-5,10H2,1-3H3/t11-,14-,15-/m0/s1. The second kappa shape index (κ2) is 5.64. The lowest BCUT2D eigenvalue weighted by atomic mass is 9.61. The Morgan fingerprint density at radius 1 is 1.19 bits per heavy atom. The smallest absolute Gasteiger partial charge is 0.388 e. The van der Waals surface area contributed by atoms with Gasteiger partial charge >= 0.3 is 6.18 Å². The lowest BCUT2D eigenvalue weighted by Crippen LogP contribution is -2.37. The zero-order valence-electron chi connectivity index (χ0n) is 12.7. The molecule has 0 aromatic heterocycles. The van der Waals surface area contributed by atoms with Gasteiger partial charge in [0.15, 0.2) is 0 Å². The summed E-state index contributed by atoms with van der Waals surface area (Å²) >= 11 is 0. The minimum atomic E-state index is -4.33. The third-order valence-electron chi connectivity index (χ3n) is 4.92. The van der Waals surface area contributed by atoms with Gasteiger partial charge in [-0.2, -0.15) is 13.2 Å². The summed E-state index contributed by atoms with van der Waals surface area (Å²) in [4.78, 5) is 0.